The molecule has 0 saturated heterocycles. The number of aromatic amines is 1. The van der Waals surface area contributed by atoms with Gasteiger partial charge < -0.3 is 5.32 Å². The molecule has 4 rings (SSSR count). The highest BCUT2D eigenvalue weighted by molar-refractivity contribution is 6.11. The zero-order chi connectivity index (χ0) is 16.5. The van der Waals surface area contributed by atoms with Crippen molar-refractivity contribution in [3.63, 3.8) is 0 Å². The smallest absolute Gasteiger partial charge is 0.276 e. The maximum Gasteiger partial charge on any atom is 0.276 e. The number of carbonyl (C=O) groups is 1. The van der Waals surface area contributed by atoms with Gasteiger partial charge >= 0.3 is 0 Å². The van der Waals surface area contributed by atoms with Gasteiger partial charge in [-0.1, -0.05) is 48.5 Å². The fraction of sp³-hybridized carbons (Fsp3) is 0. The van der Waals surface area contributed by atoms with Gasteiger partial charge in [0.05, 0.1) is 5.39 Å². The van der Waals surface area contributed by atoms with Crippen LogP contribution in [-0.4, -0.2) is 16.1 Å². The zero-order valence-corrected chi connectivity index (χ0v) is 12.6. The number of benzene rings is 3. The second-order valence-corrected chi connectivity index (χ2v) is 5.46. The summed E-state index contributed by atoms with van der Waals surface area (Å²) in [6, 6.07) is 20.5. The number of hydrogen-bond donors (Lipinski definition) is 2. The molecule has 0 aliphatic heterocycles. The molecule has 5 nitrogen and oxygen atoms in total. The second-order valence-electron chi connectivity index (χ2n) is 5.46. The summed E-state index contributed by atoms with van der Waals surface area (Å²) < 4.78 is 0. The van der Waals surface area contributed by atoms with Gasteiger partial charge in [-0.05, 0) is 29.0 Å². The van der Waals surface area contributed by atoms with E-state index >= 15 is 0 Å². The Kier molecular flexibility index (Phi) is 3.31. The van der Waals surface area contributed by atoms with Crippen molar-refractivity contribution < 1.29 is 4.79 Å². The van der Waals surface area contributed by atoms with Crippen molar-refractivity contribution in [2.45, 2.75) is 0 Å². The van der Waals surface area contributed by atoms with Crippen LogP contribution >= 0.6 is 0 Å². The van der Waals surface area contributed by atoms with Crippen LogP contribution in [0.25, 0.3) is 21.5 Å². The average Bonchev–Trinajstić information content (AvgIpc) is 2.62. The van der Waals surface area contributed by atoms with Crippen LogP contribution < -0.4 is 10.9 Å². The van der Waals surface area contributed by atoms with Crippen molar-refractivity contribution in [1.29, 1.82) is 0 Å². The van der Waals surface area contributed by atoms with E-state index < -0.39 is 0 Å². The molecule has 5 heteroatoms. The Morgan fingerprint density at radius 2 is 1.58 bits per heavy atom. The Balaban J connectivity index is 1.73. The number of nitrogens with zero attached hydrogens (tertiary/aromatic N) is 1. The molecule has 0 unspecified atom stereocenters. The molecule has 0 spiro atoms. The third-order valence-electron chi connectivity index (χ3n) is 3.92. The van der Waals surface area contributed by atoms with Crippen molar-refractivity contribution in [2.75, 3.05) is 5.32 Å². The molecular formula is C19H13N3O2. The van der Waals surface area contributed by atoms with Gasteiger partial charge in [-0.15, -0.1) is 0 Å². The van der Waals surface area contributed by atoms with Crippen molar-refractivity contribution in [1.82, 2.24) is 10.2 Å². The van der Waals surface area contributed by atoms with Gasteiger partial charge in [0.2, 0.25) is 0 Å². The van der Waals surface area contributed by atoms with Gasteiger partial charge in [0, 0.05) is 11.1 Å². The molecule has 0 fully saturated rings. The van der Waals surface area contributed by atoms with E-state index in [1.54, 1.807) is 24.3 Å². The highest BCUT2D eigenvalue weighted by Gasteiger charge is 2.14. The first-order valence-electron chi connectivity index (χ1n) is 7.50. The summed E-state index contributed by atoms with van der Waals surface area (Å²) in [6.45, 7) is 0. The van der Waals surface area contributed by atoms with Gasteiger partial charge in [-0.2, -0.15) is 5.10 Å². The van der Waals surface area contributed by atoms with Crippen LogP contribution in [0, 0.1) is 0 Å². The molecule has 1 aromatic heterocycles. The molecule has 0 aliphatic rings. The minimum Gasteiger partial charge on any atom is -0.321 e. The first-order chi connectivity index (χ1) is 11.7. The number of carbonyl (C=O) groups excluding carboxylic acids is 1. The number of rotatable bonds is 2. The number of H-pyrrole nitrogens is 1. The fourth-order valence-corrected chi connectivity index (χ4v) is 2.75. The molecule has 2 N–H and O–H groups in total. The molecular weight excluding hydrogens is 302 g/mol. The molecule has 0 saturated carbocycles. The van der Waals surface area contributed by atoms with Crippen molar-refractivity contribution >= 4 is 33.1 Å². The fourth-order valence-electron chi connectivity index (χ4n) is 2.75. The van der Waals surface area contributed by atoms with Crippen molar-refractivity contribution in [3.8, 4) is 0 Å². The summed E-state index contributed by atoms with van der Waals surface area (Å²) in [5.74, 6) is -0.363. The predicted octanol–water partition coefficient (Wildman–Crippen LogP) is 3.33. The first kappa shape index (κ1) is 14.1. The van der Waals surface area contributed by atoms with E-state index in [-0.39, 0.29) is 17.2 Å². The lowest BCUT2D eigenvalue weighted by atomic mass is 10.1. The number of nitrogens with one attached hydrogen (secondary N) is 2. The summed E-state index contributed by atoms with van der Waals surface area (Å²) in [4.78, 5) is 24.4. The Morgan fingerprint density at radius 3 is 2.42 bits per heavy atom. The van der Waals surface area contributed by atoms with E-state index in [2.05, 4.69) is 15.5 Å². The van der Waals surface area contributed by atoms with Crippen molar-refractivity contribution in [2.24, 2.45) is 0 Å². The van der Waals surface area contributed by atoms with Gasteiger partial charge in [-0.25, -0.2) is 5.10 Å². The van der Waals surface area contributed by atoms with Crippen LogP contribution in [0.2, 0.25) is 0 Å². The van der Waals surface area contributed by atoms with Gasteiger partial charge in [0.15, 0.2) is 5.69 Å². The van der Waals surface area contributed by atoms with Gasteiger partial charge in [0.25, 0.3) is 11.5 Å². The Bertz CT molecular complexity index is 1130. The molecule has 116 valence electrons. The Morgan fingerprint density at radius 1 is 0.875 bits per heavy atom. The van der Waals surface area contributed by atoms with Crippen LogP contribution in [0.1, 0.15) is 10.5 Å². The number of hydrogen-bond acceptors (Lipinski definition) is 3. The highest BCUT2D eigenvalue weighted by Crippen LogP contribution is 2.20. The molecule has 0 radical (unpaired) electrons. The van der Waals surface area contributed by atoms with E-state index in [9.17, 15) is 9.59 Å². The Labute approximate surface area is 136 Å². The van der Waals surface area contributed by atoms with E-state index in [0.29, 0.717) is 16.5 Å². The number of anilines is 1. The summed E-state index contributed by atoms with van der Waals surface area (Å²) in [6.07, 6.45) is 0. The minimum absolute atomic E-state index is 0.193. The normalized spacial score (nSPS) is 10.8. The monoisotopic (exact) mass is 315 g/mol. The quantitative estimate of drug-likeness (QED) is 0.596. The maximum atomic E-state index is 12.6. The lowest BCUT2D eigenvalue weighted by molar-refractivity contribution is 0.102. The zero-order valence-electron chi connectivity index (χ0n) is 12.6. The molecule has 0 atom stereocenters. The third-order valence-corrected chi connectivity index (χ3v) is 3.92. The van der Waals surface area contributed by atoms with E-state index in [1.165, 1.54) is 0 Å². The summed E-state index contributed by atoms with van der Waals surface area (Å²) in [5.41, 5.74) is 0.557. The molecule has 0 aliphatic carbocycles. The van der Waals surface area contributed by atoms with Crippen LogP contribution in [0.4, 0.5) is 5.69 Å². The number of fused-ring (bicyclic) bond motifs is 2. The topological polar surface area (TPSA) is 74.8 Å². The molecule has 1 heterocycles. The first-order valence-corrected chi connectivity index (χ1v) is 7.50. The molecule has 3 aromatic carbocycles. The second kappa shape index (κ2) is 5.62. The molecule has 4 aromatic rings. The van der Waals surface area contributed by atoms with E-state index in [4.69, 9.17) is 0 Å². The lowest BCUT2D eigenvalue weighted by Gasteiger charge is -2.08. The SMILES string of the molecule is O=C(Nc1ccc2ccccc2c1)c1n[nH]c(=O)c2ccccc12. The predicted molar refractivity (Wildman–Crippen MR) is 94.3 cm³/mol. The number of aromatic nitrogens is 2. The molecule has 1 amide bonds. The average molecular weight is 315 g/mol. The minimum atomic E-state index is -0.363. The highest BCUT2D eigenvalue weighted by atomic mass is 16.2. The molecule has 24 heavy (non-hydrogen) atoms. The standard InChI is InChI=1S/C19H13N3O2/c23-18-16-8-4-3-7-15(16)17(21-22-18)19(24)20-14-10-9-12-5-1-2-6-13(12)11-14/h1-11H,(H,20,24)(H,22,23). The summed E-state index contributed by atoms with van der Waals surface area (Å²) >= 11 is 0. The van der Waals surface area contributed by atoms with Gasteiger partial charge in [-0.3, -0.25) is 9.59 Å². The Hall–Kier alpha value is -3.47. The lowest BCUT2D eigenvalue weighted by Crippen LogP contribution is -2.19. The third kappa shape index (κ3) is 2.42. The maximum absolute atomic E-state index is 12.6. The number of amides is 1. The van der Waals surface area contributed by atoms with E-state index in [1.807, 2.05) is 42.5 Å². The van der Waals surface area contributed by atoms with Crippen LogP contribution in [0.15, 0.2) is 71.5 Å². The van der Waals surface area contributed by atoms with Crippen LogP contribution in [0.5, 0.6) is 0 Å². The van der Waals surface area contributed by atoms with Gasteiger partial charge in [0.1, 0.15) is 0 Å². The van der Waals surface area contributed by atoms with Crippen LogP contribution in [0.3, 0.4) is 0 Å². The van der Waals surface area contributed by atoms with Crippen molar-refractivity contribution in [3.05, 3.63) is 82.8 Å². The van der Waals surface area contributed by atoms with E-state index in [0.717, 1.165) is 10.8 Å². The summed E-state index contributed by atoms with van der Waals surface area (Å²) in [5, 5.41) is 12.2. The van der Waals surface area contributed by atoms with Crippen LogP contribution in [-0.2, 0) is 0 Å². The largest absolute Gasteiger partial charge is 0.321 e. The summed E-state index contributed by atoms with van der Waals surface area (Å²) in [7, 11) is 0. The molecule has 0 bridgehead atoms.